The minimum absolute atomic E-state index is 0.0519. The van der Waals surface area contributed by atoms with Gasteiger partial charge < -0.3 is 4.74 Å². The molecule has 11 heteroatoms. The second-order valence-corrected chi connectivity index (χ2v) is 6.36. The monoisotopic (exact) mass is 384 g/mol. The molecule has 0 fully saturated rings. The summed E-state index contributed by atoms with van der Waals surface area (Å²) in [6.07, 6.45) is 0.459. The number of rotatable bonds is 5. The number of non-ortho nitro benzene ring substituents is 1. The lowest BCUT2D eigenvalue weighted by Gasteiger charge is -2.31. The largest absolute Gasteiger partial charge is 0.445 e. The van der Waals surface area contributed by atoms with Gasteiger partial charge in [0.25, 0.3) is 5.69 Å². The molecule has 0 heterocycles. The second-order valence-electron chi connectivity index (χ2n) is 5.48. The zero-order valence-electron chi connectivity index (χ0n) is 15.0. The minimum Gasteiger partial charge on any atom is -0.439 e. The summed E-state index contributed by atoms with van der Waals surface area (Å²) in [5.41, 5.74) is -0.0688. The van der Waals surface area contributed by atoms with Gasteiger partial charge in [-0.05, 0) is 30.5 Å². The molecule has 1 aromatic rings. The number of benzene rings is 1. The highest BCUT2D eigenvalue weighted by Gasteiger charge is 2.52. The molecule has 0 aromatic heterocycles. The first-order valence-corrected chi connectivity index (χ1v) is 8.47. The van der Waals surface area contributed by atoms with E-state index in [1.807, 2.05) is 0 Å². The van der Waals surface area contributed by atoms with Gasteiger partial charge in [0, 0.05) is 31.1 Å². The van der Waals surface area contributed by atoms with Gasteiger partial charge in [-0.25, -0.2) is 19.7 Å². The average Bonchev–Trinajstić information content (AvgIpc) is 2.63. The number of amides is 4. The molecule has 10 nitrogen and oxygen atoms in total. The Balaban J connectivity index is 3.06. The highest BCUT2D eigenvalue weighted by molar-refractivity contribution is 7.98. The molecule has 0 bridgehead atoms. The Kier molecular flexibility index (Phi) is 7.53. The van der Waals surface area contributed by atoms with Crippen molar-refractivity contribution in [3.8, 4) is 0 Å². The van der Waals surface area contributed by atoms with Crippen molar-refractivity contribution in [2.45, 2.75) is 18.2 Å². The molecule has 0 aliphatic rings. The molecule has 1 aromatic carbocycles. The fraction of sp³-hybridized carbons (Fsp3) is 0.400. The normalized spacial score (nSPS) is 12.6. The number of imide groups is 1. The number of nitrogens with zero attached hydrogens (tertiary/aromatic N) is 3. The summed E-state index contributed by atoms with van der Waals surface area (Å²) in [6.45, 7) is 1.84. The highest BCUT2D eigenvalue weighted by Crippen LogP contribution is 2.22. The zero-order chi connectivity index (χ0) is 19.9. The standard InChI is InChI=1S/C15H21N5O5S/c1-5-10-20(13(16)25-4,15(22)18(2)3)14(21)17-26-12-8-6-11(7-9-12)19(23)24/h6-9,16H,5,10H2,1-4H3/p+1. The van der Waals surface area contributed by atoms with E-state index in [9.17, 15) is 19.7 Å². The number of amidine groups is 1. The maximum Gasteiger partial charge on any atom is 0.445 e. The molecule has 1 unspecified atom stereocenters. The fourth-order valence-electron chi connectivity index (χ4n) is 2.21. The molecule has 142 valence electrons. The van der Waals surface area contributed by atoms with E-state index in [0.29, 0.717) is 11.3 Å². The van der Waals surface area contributed by atoms with Crippen LogP contribution in [0.1, 0.15) is 13.3 Å². The number of ether oxygens (including phenoxy) is 1. The van der Waals surface area contributed by atoms with Crippen LogP contribution in [0.25, 0.3) is 0 Å². The first kappa shape index (κ1) is 21.4. The molecule has 0 saturated carbocycles. The fourth-order valence-corrected chi connectivity index (χ4v) is 2.85. The van der Waals surface area contributed by atoms with Gasteiger partial charge in [0.15, 0.2) is 0 Å². The summed E-state index contributed by atoms with van der Waals surface area (Å²) in [4.78, 5) is 37.4. The predicted molar refractivity (Wildman–Crippen MR) is 96.7 cm³/mol. The Bertz CT molecular complexity index is 694. The second kappa shape index (κ2) is 9.15. The van der Waals surface area contributed by atoms with Crippen LogP contribution < -0.4 is 4.72 Å². The summed E-state index contributed by atoms with van der Waals surface area (Å²) >= 11 is 0.898. The lowest BCUT2D eigenvalue weighted by molar-refractivity contribution is -0.687. The van der Waals surface area contributed by atoms with Crippen molar-refractivity contribution in [2.24, 2.45) is 0 Å². The van der Waals surface area contributed by atoms with Crippen molar-refractivity contribution in [1.29, 1.82) is 5.41 Å². The zero-order valence-corrected chi connectivity index (χ0v) is 15.8. The lowest BCUT2D eigenvalue weighted by Crippen LogP contribution is -2.66. The van der Waals surface area contributed by atoms with E-state index in [1.54, 1.807) is 6.92 Å². The molecule has 0 spiro atoms. The van der Waals surface area contributed by atoms with Crippen LogP contribution in [0, 0.1) is 15.5 Å². The number of hydrogen-bond acceptors (Lipinski definition) is 7. The third-order valence-electron chi connectivity index (χ3n) is 3.46. The van der Waals surface area contributed by atoms with Crippen molar-refractivity contribution >= 4 is 35.7 Å². The van der Waals surface area contributed by atoms with Gasteiger partial charge in [-0.15, -0.1) is 0 Å². The van der Waals surface area contributed by atoms with Crippen molar-refractivity contribution in [3.05, 3.63) is 34.4 Å². The number of nitro groups is 1. The Labute approximate surface area is 155 Å². The van der Waals surface area contributed by atoms with E-state index in [2.05, 4.69) is 4.72 Å². The molecule has 1 rings (SSSR count). The average molecular weight is 384 g/mol. The topological polar surface area (TPSA) is 126 Å². The van der Waals surface area contributed by atoms with Crippen molar-refractivity contribution in [3.63, 3.8) is 0 Å². The number of carbonyl (C=O) groups excluding carboxylic acids is 2. The summed E-state index contributed by atoms with van der Waals surface area (Å²) in [5.74, 6) is 0. The summed E-state index contributed by atoms with van der Waals surface area (Å²) in [7, 11) is 4.21. The lowest BCUT2D eigenvalue weighted by atomic mass is 10.3. The minimum atomic E-state index is -0.944. The van der Waals surface area contributed by atoms with Gasteiger partial charge in [-0.1, -0.05) is 11.4 Å². The summed E-state index contributed by atoms with van der Waals surface area (Å²) in [6, 6.07) is 3.74. The van der Waals surface area contributed by atoms with Crippen LogP contribution in [-0.4, -0.2) is 60.1 Å². The molecule has 4 amide bonds. The van der Waals surface area contributed by atoms with Crippen LogP contribution in [0.15, 0.2) is 29.2 Å². The van der Waals surface area contributed by atoms with Crippen LogP contribution in [0.2, 0.25) is 0 Å². The van der Waals surface area contributed by atoms with Crippen molar-refractivity contribution in [1.82, 2.24) is 9.62 Å². The first-order valence-electron chi connectivity index (χ1n) is 7.65. The van der Waals surface area contributed by atoms with Crippen LogP contribution in [0.5, 0.6) is 0 Å². The SMILES string of the molecule is CCC[N+](C(=N)OC)(C(=O)NSc1ccc([N+](=O)[O-])cc1)C(=O)N(C)C. The number of nitrogens with one attached hydrogen (secondary N) is 2. The maximum absolute atomic E-state index is 12.8. The number of methoxy groups -OCH3 is 1. The number of hydrogen-bond donors (Lipinski definition) is 2. The molecular weight excluding hydrogens is 362 g/mol. The molecule has 0 aliphatic carbocycles. The van der Waals surface area contributed by atoms with E-state index >= 15 is 0 Å². The third-order valence-corrected chi connectivity index (χ3v) is 4.24. The third kappa shape index (κ3) is 4.49. The van der Waals surface area contributed by atoms with Gasteiger partial charge in [-0.2, -0.15) is 0 Å². The van der Waals surface area contributed by atoms with Crippen molar-refractivity contribution < 1.29 is 23.7 Å². The Hall–Kier alpha value is -2.66. The van der Waals surface area contributed by atoms with Crippen LogP contribution in [0.3, 0.4) is 0 Å². The molecule has 26 heavy (non-hydrogen) atoms. The van der Waals surface area contributed by atoms with E-state index < -0.39 is 27.5 Å². The molecular formula is C15H22N5O5S+. The van der Waals surface area contributed by atoms with E-state index in [0.717, 1.165) is 11.9 Å². The Morgan fingerprint density at radius 1 is 1.35 bits per heavy atom. The van der Waals surface area contributed by atoms with Gasteiger partial charge >= 0.3 is 18.1 Å². The molecule has 2 N–H and O–H groups in total. The first-order chi connectivity index (χ1) is 12.2. The van der Waals surface area contributed by atoms with E-state index in [1.165, 1.54) is 50.4 Å². The van der Waals surface area contributed by atoms with Gasteiger partial charge in [0.05, 0.1) is 12.0 Å². The van der Waals surface area contributed by atoms with E-state index in [-0.39, 0.29) is 12.2 Å². The predicted octanol–water partition coefficient (Wildman–Crippen LogP) is 2.80. The van der Waals surface area contributed by atoms with Gasteiger partial charge in [-0.3, -0.25) is 15.0 Å². The van der Waals surface area contributed by atoms with Crippen molar-refractivity contribution in [2.75, 3.05) is 27.7 Å². The number of urea groups is 2. The molecule has 0 aliphatic heterocycles. The summed E-state index contributed by atoms with van der Waals surface area (Å²) in [5, 5.41) is 18.7. The van der Waals surface area contributed by atoms with Gasteiger partial charge in [0.2, 0.25) is 0 Å². The van der Waals surface area contributed by atoms with Crippen LogP contribution in [-0.2, 0) is 4.74 Å². The number of carbonyl (C=O) groups is 2. The Morgan fingerprint density at radius 2 is 1.92 bits per heavy atom. The molecule has 1 atom stereocenters. The number of nitro benzene ring substituents is 1. The van der Waals surface area contributed by atoms with Crippen LogP contribution in [0.4, 0.5) is 15.3 Å². The van der Waals surface area contributed by atoms with Crippen LogP contribution >= 0.6 is 11.9 Å². The smallest absolute Gasteiger partial charge is 0.439 e. The molecule has 0 radical (unpaired) electrons. The summed E-state index contributed by atoms with van der Waals surface area (Å²) < 4.78 is 6.51. The van der Waals surface area contributed by atoms with E-state index in [4.69, 9.17) is 10.1 Å². The maximum atomic E-state index is 12.8. The quantitative estimate of drug-likeness (QED) is 0.201. The number of quaternary nitrogens is 1. The Morgan fingerprint density at radius 3 is 2.35 bits per heavy atom. The highest BCUT2D eigenvalue weighted by atomic mass is 32.2. The van der Waals surface area contributed by atoms with Gasteiger partial charge in [0.1, 0.15) is 6.54 Å². The molecule has 0 saturated heterocycles.